The van der Waals surface area contributed by atoms with E-state index in [0.29, 0.717) is 21.5 Å². The summed E-state index contributed by atoms with van der Waals surface area (Å²) in [6.07, 6.45) is 1.67. The summed E-state index contributed by atoms with van der Waals surface area (Å²) in [5, 5.41) is 17.5. The molecular formula is C16H14Cl2N4O. The second kappa shape index (κ2) is 6.15. The molecule has 0 saturated carbocycles. The number of benzene rings is 1. The maximum atomic E-state index is 9.43. The molecule has 118 valence electrons. The van der Waals surface area contributed by atoms with E-state index in [4.69, 9.17) is 33.7 Å². The first-order valence-electron chi connectivity index (χ1n) is 7.18. The molecule has 0 amide bonds. The van der Waals surface area contributed by atoms with Crippen LogP contribution >= 0.6 is 23.2 Å². The molecule has 2 heterocycles. The monoisotopic (exact) mass is 348 g/mol. The van der Waals surface area contributed by atoms with Crippen LogP contribution in [-0.2, 0) is 0 Å². The van der Waals surface area contributed by atoms with Gasteiger partial charge >= 0.3 is 0 Å². The van der Waals surface area contributed by atoms with Crippen molar-refractivity contribution >= 4 is 23.2 Å². The largest absolute Gasteiger partial charge is 0.420 e. The summed E-state index contributed by atoms with van der Waals surface area (Å²) in [6.45, 7) is 2.05. The number of H-pyrrole nitrogens is 1. The number of nitrogens with zero attached hydrogens (tertiary/aromatic N) is 2. The Kier molecular flexibility index (Phi) is 4.20. The molecule has 0 radical (unpaired) electrons. The zero-order valence-electron chi connectivity index (χ0n) is 12.4. The summed E-state index contributed by atoms with van der Waals surface area (Å²) in [7, 11) is 0. The zero-order chi connectivity index (χ0) is 16.6. The number of hydrogen-bond donors (Lipinski definition) is 2. The van der Waals surface area contributed by atoms with Gasteiger partial charge in [-0.2, -0.15) is 5.26 Å². The normalized spacial score (nSPS) is 16.7. The molecule has 0 bridgehead atoms. The van der Waals surface area contributed by atoms with Crippen LogP contribution in [0.3, 0.4) is 0 Å². The molecule has 1 aliphatic rings. The first kappa shape index (κ1) is 15.7. The van der Waals surface area contributed by atoms with Crippen molar-refractivity contribution in [1.29, 1.82) is 5.26 Å². The summed E-state index contributed by atoms with van der Waals surface area (Å²) >= 11 is 12.1. The van der Waals surface area contributed by atoms with E-state index >= 15 is 0 Å². The van der Waals surface area contributed by atoms with E-state index in [0.717, 1.165) is 29.7 Å². The minimum Gasteiger partial charge on any atom is -0.420 e. The Morgan fingerprint density at radius 2 is 2.17 bits per heavy atom. The van der Waals surface area contributed by atoms with Crippen LogP contribution in [0.25, 0.3) is 11.3 Å². The number of allylic oxidation sites excluding steroid dienone is 1. The Morgan fingerprint density at radius 1 is 1.39 bits per heavy atom. The smallest absolute Gasteiger partial charge is 0.244 e. The van der Waals surface area contributed by atoms with Crippen LogP contribution in [0.4, 0.5) is 0 Å². The van der Waals surface area contributed by atoms with Crippen molar-refractivity contribution in [3.05, 3.63) is 45.3 Å². The van der Waals surface area contributed by atoms with Crippen molar-refractivity contribution in [2.45, 2.75) is 25.7 Å². The number of nitrogens with two attached hydrogens (primary N) is 1. The van der Waals surface area contributed by atoms with Crippen LogP contribution in [0, 0.1) is 11.3 Å². The molecule has 0 saturated heterocycles. The van der Waals surface area contributed by atoms with Crippen LogP contribution in [0.15, 0.2) is 29.7 Å². The van der Waals surface area contributed by atoms with Crippen LogP contribution in [0.1, 0.15) is 31.2 Å². The Bertz CT molecular complexity index is 835. The highest BCUT2D eigenvalue weighted by Crippen LogP contribution is 2.44. The van der Waals surface area contributed by atoms with Gasteiger partial charge in [-0.25, -0.2) is 0 Å². The van der Waals surface area contributed by atoms with E-state index in [9.17, 15) is 5.26 Å². The lowest BCUT2D eigenvalue weighted by Gasteiger charge is -2.23. The Morgan fingerprint density at radius 3 is 2.83 bits per heavy atom. The third kappa shape index (κ3) is 2.65. The lowest BCUT2D eigenvalue weighted by Crippen LogP contribution is -2.20. The Balaban J connectivity index is 2.15. The highest BCUT2D eigenvalue weighted by Gasteiger charge is 2.33. The molecule has 0 unspecified atom stereocenters. The summed E-state index contributed by atoms with van der Waals surface area (Å²) in [5.41, 5.74) is 8.71. The molecule has 1 aliphatic heterocycles. The first-order valence-corrected chi connectivity index (χ1v) is 7.93. The maximum Gasteiger partial charge on any atom is 0.244 e. The molecule has 0 fully saturated rings. The van der Waals surface area contributed by atoms with Crippen molar-refractivity contribution in [3.63, 3.8) is 0 Å². The second-order valence-electron chi connectivity index (χ2n) is 5.28. The molecule has 7 heteroatoms. The van der Waals surface area contributed by atoms with Crippen LogP contribution in [-0.4, -0.2) is 10.2 Å². The van der Waals surface area contributed by atoms with Gasteiger partial charge in [0, 0.05) is 11.5 Å². The fraction of sp³-hybridized carbons (Fsp3) is 0.250. The Hall–Kier alpha value is -2.16. The molecule has 3 rings (SSSR count). The lowest BCUT2D eigenvalue weighted by molar-refractivity contribution is 0.371. The number of rotatable bonds is 3. The summed E-state index contributed by atoms with van der Waals surface area (Å²) in [5.74, 6) is 0.364. The van der Waals surface area contributed by atoms with Crippen LogP contribution < -0.4 is 10.5 Å². The summed E-state index contributed by atoms with van der Waals surface area (Å²) < 4.78 is 5.50. The predicted molar refractivity (Wildman–Crippen MR) is 89.1 cm³/mol. The topological polar surface area (TPSA) is 87.7 Å². The third-order valence-corrected chi connectivity index (χ3v) is 4.58. The van der Waals surface area contributed by atoms with Gasteiger partial charge < -0.3 is 10.5 Å². The fourth-order valence-electron chi connectivity index (χ4n) is 2.79. The SMILES string of the molecule is CCC[C@H]1C(C#N)=C(N)Oc2n[nH]c(-c3ccc(Cl)c(Cl)c3)c21. The van der Waals surface area contributed by atoms with E-state index < -0.39 is 0 Å². The average Bonchev–Trinajstić information content (AvgIpc) is 2.94. The average molecular weight is 349 g/mol. The fourth-order valence-corrected chi connectivity index (χ4v) is 3.09. The highest BCUT2D eigenvalue weighted by atomic mass is 35.5. The number of halogens is 2. The number of fused-ring (bicyclic) bond motifs is 1. The molecule has 3 N–H and O–H groups in total. The van der Waals surface area contributed by atoms with E-state index in [1.54, 1.807) is 12.1 Å². The van der Waals surface area contributed by atoms with Crippen molar-refractivity contribution in [2.75, 3.05) is 0 Å². The lowest BCUT2D eigenvalue weighted by atomic mass is 9.85. The number of nitriles is 1. The number of ether oxygens (including phenoxy) is 1. The molecule has 1 atom stereocenters. The number of nitrogens with one attached hydrogen (secondary N) is 1. The summed E-state index contributed by atoms with van der Waals surface area (Å²) in [6, 6.07) is 7.49. The molecule has 1 aromatic heterocycles. The molecule has 5 nitrogen and oxygen atoms in total. The number of aromatic amines is 1. The minimum atomic E-state index is -0.156. The van der Waals surface area contributed by atoms with E-state index in [1.165, 1.54) is 0 Å². The number of hydrogen-bond acceptors (Lipinski definition) is 4. The van der Waals surface area contributed by atoms with Gasteiger partial charge in [-0.15, -0.1) is 5.10 Å². The van der Waals surface area contributed by atoms with Crippen molar-refractivity contribution in [3.8, 4) is 23.2 Å². The van der Waals surface area contributed by atoms with Gasteiger partial charge in [0.1, 0.15) is 6.07 Å². The molecular weight excluding hydrogens is 335 g/mol. The van der Waals surface area contributed by atoms with E-state index in [2.05, 4.69) is 23.2 Å². The predicted octanol–water partition coefficient (Wildman–Crippen LogP) is 4.35. The first-order chi connectivity index (χ1) is 11.1. The van der Waals surface area contributed by atoms with Crippen LogP contribution in [0.2, 0.25) is 10.0 Å². The minimum absolute atomic E-state index is 0.116. The maximum absolute atomic E-state index is 9.43. The third-order valence-electron chi connectivity index (χ3n) is 3.84. The van der Waals surface area contributed by atoms with Gasteiger partial charge in [0.05, 0.1) is 26.9 Å². The van der Waals surface area contributed by atoms with E-state index in [-0.39, 0.29) is 11.8 Å². The summed E-state index contributed by atoms with van der Waals surface area (Å²) in [4.78, 5) is 0. The highest BCUT2D eigenvalue weighted by molar-refractivity contribution is 6.42. The van der Waals surface area contributed by atoms with Crippen LogP contribution in [0.5, 0.6) is 5.88 Å². The van der Waals surface area contributed by atoms with Gasteiger partial charge in [-0.05, 0) is 18.6 Å². The molecule has 23 heavy (non-hydrogen) atoms. The quantitative estimate of drug-likeness (QED) is 0.862. The Labute approximate surface area is 143 Å². The number of aromatic nitrogens is 2. The molecule has 2 aromatic rings. The zero-order valence-corrected chi connectivity index (χ0v) is 13.9. The standard InChI is InChI=1S/C16H14Cl2N4O/c1-2-3-9-10(7-19)15(20)23-16-13(9)14(21-22-16)8-4-5-11(17)12(18)6-8/h4-6,9H,2-3,20H2,1H3,(H,21,22)/t9-/m0/s1. The second-order valence-corrected chi connectivity index (χ2v) is 6.09. The molecule has 0 spiro atoms. The van der Waals surface area contributed by atoms with Crippen molar-refractivity contribution < 1.29 is 4.74 Å². The van der Waals surface area contributed by atoms with Crippen molar-refractivity contribution in [1.82, 2.24) is 10.2 Å². The van der Waals surface area contributed by atoms with Gasteiger partial charge in [0.2, 0.25) is 11.8 Å². The van der Waals surface area contributed by atoms with Gasteiger partial charge in [0.15, 0.2) is 0 Å². The van der Waals surface area contributed by atoms with Gasteiger partial charge in [0.25, 0.3) is 0 Å². The van der Waals surface area contributed by atoms with E-state index in [1.807, 2.05) is 6.07 Å². The molecule has 0 aliphatic carbocycles. The van der Waals surface area contributed by atoms with Crippen molar-refractivity contribution in [2.24, 2.45) is 5.73 Å². The molecule has 1 aromatic carbocycles. The van der Waals surface area contributed by atoms with Gasteiger partial charge in [-0.1, -0.05) is 42.6 Å². The van der Waals surface area contributed by atoms with Gasteiger partial charge in [-0.3, -0.25) is 5.10 Å².